The number of rotatable bonds is 4. The quantitative estimate of drug-likeness (QED) is 0.810. The fourth-order valence-corrected chi connectivity index (χ4v) is 4.30. The molecule has 1 fully saturated rings. The van der Waals surface area contributed by atoms with E-state index in [9.17, 15) is 4.79 Å². The van der Waals surface area contributed by atoms with Crippen LogP contribution in [-0.4, -0.2) is 42.6 Å². The van der Waals surface area contributed by atoms with Gasteiger partial charge in [0.15, 0.2) is 0 Å². The van der Waals surface area contributed by atoms with Crippen LogP contribution in [0.3, 0.4) is 0 Å². The topological polar surface area (TPSA) is 41.6 Å². The Morgan fingerprint density at radius 2 is 1.73 bits per heavy atom. The molecular formula is C24H26F2N2O2. The van der Waals surface area contributed by atoms with Crippen molar-refractivity contribution in [2.24, 2.45) is 0 Å². The van der Waals surface area contributed by atoms with Gasteiger partial charge in [-0.1, -0.05) is 18.2 Å². The molecule has 1 spiro atoms. The first kappa shape index (κ1) is 20.5. The predicted octanol–water partition coefficient (Wildman–Crippen LogP) is 4.39. The second-order valence-electron chi connectivity index (χ2n) is 7.76. The van der Waals surface area contributed by atoms with Crippen LogP contribution < -0.4 is 10.1 Å². The first-order valence-corrected chi connectivity index (χ1v) is 10.5. The van der Waals surface area contributed by atoms with Gasteiger partial charge in [-0.05, 0) is 62.3 Å². The fourth-order valence-electron chi connectivity index (χ4n) is 4.30. The molecule has 4 nitrogen and oxygen atoms in total. The van der Waals surface area contributed by atoms with Crippen molar-refractivity contribution in [1.82, 2.24) is 10.2 Å². The van der Waals surface area contributed by atoms with E-state index in [4.69, 9.17) is 4.74 Å². The molecule has 30 heavy (non-hydrogen) atoms. The van der Waals surface area contributed by atoms with E-state index in [2.05, 4.69) is 5.32 Å². The van der Waals surface area contributed by atoms with E-state index < -0.39 is 28.7 Å². The third-order valence-electron chi connectivity index (χ3n) is 5.97. The van der Waals surface area contributed by atoms with Crippen molar-refractivity contribution in [3.8, 4) is 5.75 Å². The van der Waals surface area contributed by atoms with Crippen LogP contribution in [0.25, 0.3) is 5.57 Å². The summed E-state index contributed by atoms with van der Waals surface area (Å²) in [6.07, 6.45) is 3.54. The molecule has 1 N–H and O–H groups in total. The fraction of sp³-hybridized carbons (Fsp3) is 0.375. The minimum absolute atomic E-state index is 0.391. The van der Waals surface area contributed by atoms with Gasteiger partial charge in [-0.25, -0.2) is 8.78 Å². The highest BCUT2D eigenvalue weighted by Crippen LogP contribution is 2.42. The van der Waals surface area contributed by atoms with Crippen LogP contribution in [-0.2, 0) is 0 Å². The highest BCUT2D eigenvalue weighted by Gasteiger charge is 2.37. The summed E-state index contributed by atoms with van der Waals surface area (Å²) in [5.74, 6) is -1.60. The predicted molar refractivity (Wildman–Crippen MR) is 113 cm³/mol. The van der Waals surface area contributed by atoms with Crippen molar-refractivity contribution in [3.63, 3.8) is 0 Å². The maximum atomic E-state index is 15.0. The van der Waals surface area contributed by atoms with Gasteiger partial charge in [-0.15, -0.1) is 0 Å². The van der Waals surface area contributed by atoms with Gasteiger partial charge in [0.1, 0.15) is 28.5 Å². The van der Waals surface area contributed by atoms with Gasteiger partial charge in [0, 0.05) is 31.5 Å². The number of hydrogen-bond donors (Lipinski definition) is 1. The Balaban J connectivity index is 1.81. The number of benzene rings is 2. The summed E-state index contributed by atoms with van der Waals surface area (Å²) in [6.45, 7) is 5.98. The van der Waals surface area contributed by atoms with Crippen LogP contribution in [0.5, 0.6) is 5.75 Å². The Kier molecular flexibility index (Phi) is 5.60. The number of carbonyl (C=O) groups excluding carboxylic acids is 1. The molecule has 0 aromatic heterocycles. The Hall–Kier alpha value is -2.73. The molecule has 0 unspecified atom stereocenters. The lowest BCUT2D eigenvalue weighted by Crippen LogP contribution is -2.46. The van der Waals surface area contributed by atoms with E-state index in [0.717, 1.165) is 37.1 Å². The second kappa shape index (κ2) is 8.19. The normalized spacial score (nSPS) is 17.1. The van der Waals surface area contributed by atoms with Crippen LogP contribution in [0.1, 0.15) is 48.2 Å². The molecule has 1 amide bonds. The van der Waals surface area contributed by atoms with Crippen LogP contribution in [0, 0.1) is 11.6 Å². The monoisotopic (exact) mass is 412 g/mol. The number of fused-ring (bicyclic) bond motifs is 1. The minimum atomic E-state index is -0.842. The van der Waals surface area contributed by atoms with E-state index in [1.165, 1.54) is 17.0 Å². The average Bonchev–Trinajstić information content (AvgIpc) is 2.74. The van der Waals surface area contributed by atoms with Gasteiger partial charge >= 0.3 is 0 Å². The van der Waals surface area contributed by atoms with E-state index in [-0.39, 0.29) is 0 Å². The molecule has 158 valence electrons. The molecule has 6 heteroatoms. The molecule has 0 bridgehead atoms. The van der Waals surface area contributed by atoms with Crippen molar-refractivity contribution in [1.29, 1.82) is 0 Å². The summed E-state index contributed by atoms with van der Waals surface area (Å²) in [5.41, 5.74) is 0.939. The van der Waals surface area contributed by atoms with Crippen LogP contribution in [0.15, 0.2) is 42.5 Å². The standard InChI is InChI=1S/C24H26F2N2O2/c1-3-28(4-2)23(29)22-19(25)13-16(14-20(22)26)18-15-24(9-11-27-12-10-24)30-21-8-6-5-7-17(18)21/h5-8,13-15,27H,3-4,9-12H2,1-2H3. The number of hydrogen-bond acceptors (Lipinski definition) is 3. The zero-order valence-corrected chi connectivity index (χ0v) is 17.3. The molecule has 2 aromatic carbocycles. The van der Waals surface area contributed by atoms with Crippen molar-refractivity contribution >= 4 is 11.5 Å². The molecule has 0 saturated carbocycles. The SMILES string of the molecule is CCN(CC)C(=O)c1c(F)cc(C2=CC3(CCNCC3)Oc3ccccc32)cc1F. The molecule has 2 heterocycles. The number of ether oxygens (including phenoxy) is 1. The first-order chi connectivity index (χ1) is 14.5. The Labute approximate surface area is 175 Å². The van der Waals surface area contributed by atoms with Gasteiger partial charge in [-0.3, -0.25) is 4.79 Å². The minimum Gasteiger partial charge on any atom is -0.482 e. The van der Waals surface area contributed by atoms with Gasteiger partial charge in [-0.2, -0.15) is 0 Å². The van der Waals surface area contributed by atoms with Gasteiger partial charge in [0.2, 0.25) is 0 Å². The average molecular weight is 412 g/mol. The second-order valence-corrected chi connectivity index (χ2v) is 7.76. The zero-order chi connectivity index (χ0) is 21.3. The lowest BCUT2D eigenvalue weighted by molar-refractivity contribution is 0.0762. The number of carbonyl (C=O) groups is 1. The van der Waals surface area contributed by atoms with E-state index in [1.54, 1.807) is 13.8 Å². The smallest absolute Gasteiger partial charge is 0.259 e. The number of halogens is 2. The van der Waals surface area contributed by atoms with Gasteiger partial charge in [0.05, 0.1) is 0 Å². The molecule has 0 atom stereocenters. The molecule has 4 rings (SSSR count). The summed E-state index contributed by atoms with van der Waals surface area (Å²) in [5, 5.41) is 3.32. The van der Waals surface area contributed by atoms with E-state index >= 15 is 8.78 Å². The molecular weight excluding hydrogens is 386 g/mol. The molecule has 1 saturated heterocycles. The third-order valence-corrected chi connectivity index (χ3v) is 5.97. The Morgan fingerprint density at radius 1 is 1.10 bits per heavy atom. The number of nitrogens with one attached hydrogen (secondary N) is 1. The van der Waals surface area contributed by atoms with Crippen molar-refractivity contribution < 1.29 is 18.3 Å². The largest absolute Gasteiger partial charge is 0.482 e. The molecule has 2 aliphatic rings. The van der Waals surface area contributed by atoms with Crippen LogP contribution >= 0.6 is 0 Å². The molecule has 0 radical (unpaired) electrons. The molecule has 2 aliphatic heterocycles. The maximum absolute atomic E-state index is 15.0. The van der Waals surface area contributed by atoms with E-state index in [0.29, 0.717) is 24.4 Å². The first-order valence-electron chi connectivity index (χ1n) is 10.5. The number of amides is 1. The summed E-state index contributed by atoms with van der Waals surface area (Å²) < 4.78 is 36.3. The summed E-state index contributed by atoms with van der Waals surface area (Å²) in [6, 6.07) is 10.1. The summed E-state index contributed by atoms with van der Waals surface area (Å²) in [7, 11) is 0. The number of para-hydroxylation sites is 1. The van der Waals surface area contributed by atoms with Crippen molar-refractivity contribution in [2.75, 3.05) is 26.2 Å². The lowest BCUT2D eigenvalue weighted by Gasteiger charge is -2.40. The van der Waals surface area contributed by atoms with Crippen LogP contribution in [0.2, 0.25) is 0 Å². The molecule has 2 aromatic rings. The summed E-state index contributed by atoms with van der Waals surface area (Å²) in [4.78, 5) is 14.0. The maximum Gasteiger partial charge on any atom is 0.259 e. The highest BCUT2D eigenvalue weighted by molar-refractivity contribution is 5.95. The van der Waals surface area contributed by atoms with Gasteiger partial charge < -0.3 is 15.0 Å². The van der Waals surface area contributed by atoms with Crippen molar-refractivity contribution in [2.45, 2.75) is 32.3 Å². The highest BCUT2D eigenvalue weighted by atomic mass is 19.1. The summed E-state index contributed by atoms with van der Waals surface area (Å²) >= 11 is 0. The third kappa shape index (κ3) is 3.60. The number of piperidine rings is 1. The lowest BCUT2D eigenvalue weighted by atomic mass is 9.83. The van der Waals surface area contributed by atoms with Gasteiger partial charge in [0.25, 0.3) is 5.91 Å². The van der Waals surface area contributed by atoms with E-state index in [1.807, 2.05) is 30.3 Å². The Bertz CT molecular complexity index is 969. The van der Waals surface area contributed by atoms with Crippen molar-refractivity contribution in [3.05, 3.63) is 70.8 Å². The molecule has 0 aliphatic carbocycles. The van der Waals surface area contributed by atoms with Crippen LogP contribution in [0.4, 0.5) is 8.78 Å². The number of nitrogens with zero attached hydrogens (tertiary/aromatic N) is 1. The Morgan fingerprint density at radius 3 is 2.37 bits per heavy atom. The zero-order valence-electron chi connectivity index (χ0n) is 17.3.